The normalized spacial score (nSPS) is 23.1. The molecule has 2 heterocycles. The summed E-state index contributed by atoms with van der Waals surface area (Å²) in [5.74, 6) is -1.70. The predicted octanol–water partition coefficient (Wildman–Crippen LogP) is 4.55. The molecule has 0 fully saturated rings. The van der Waals surface area contributed by atoms with Crippen LogP contribution in [-0.4, -0.2) is 47.0 Å². The number of nitrogens with zero attached hydrogens (tertiary/aromatic N) is 1. The van der Waals surface area contributed by atoms with Gasteiger partial charge in [-0.1, -0.05) is 97.1 Å². The summed E-state index contributed by atoms with van der Waals surface area (Å²) in [4.78, 5) is 42.1. The lowest BCUT2D eigenvalue weighted by atomic mass is 9.92. The monoisotopic (exact) mass is 566 g/mol. The van der Waals surface area contributed by atoms with Crippen molar-refractivity contribution < 1.29 is 24.2 Å². The maximum absolute atomic E-state index is 13.6. The summed E-state index contributed by atoms with van der Waals surface area (Å²) in [5.41, 5.74) is 4.05. The standard InChI is InChI=1S/C35H38N2O5/c38-24-31-20-27-15-7-10-18-30(27)23-37(31)33(39)21-28-16-8-9-17-29(19-25-11-3-1-4-12-25)35(41)42-32(22-36-34(28)40)26-13-5-2-6-14-26/h1-15,18,28-29,31-32,38H,16-17,19-24H2,(H,36,40)/t28-,29-,31+,32+/m1/s1. The van der Waals surface area contributed by atoms with Crippen molar-refractivity contribution in [2.24, 2.45) is 11.8 Å². The first-order valence-corrected chi connectivity index (χ1v) is 14.7. The fraction of sp³-hybridized carbons (Fsp3) is 0.343. The largest absolute Gasteiger partial charge is 0.455 e. The molecule has 3 aromatic rings. The molecule has 5 rings (SSSR count). The summed E-state index contributed by atoms with van der Waals surface area (Å²) in [6.07, 6.45) is 5.15. The van der Waals surface area contributed by atoms with E-state index in [-0.39, 0.29) is 49.3 Å². The number of cyclic esters (lactones) is 1. The molecule has 7 heteroatoms. The SMILES string of the molecule is O=C1NC[C@@H](c2ccccc2)OC(=O)[C@@H](Cc2ccccc2)CC=CC[C@@H]1CC(=O)N1Cc2ccccc2C[C@H]1CO. The predicted molar refractivity (Wildman–Crippen MR) is 160 cm³/mol. The Morgan fingerprint density at radius 1 is 0.857 bits per heavy atom. The molecule has 0 unspecified atom stereocenters. The second-order valence-electron chi connectivity index (χ2n) is 11.1. The molecule has 4 atom stereocenters. The number of rotatable bonds is 6. The molecular formula is C35H38N2O5. The van der Waals surface area contributed by atoms with Gasteiger partial charge in [-0.2, -0.15) is 0 Å². The lowest BCUT2D eigenvalue weighted by Gasteiger charge is -2.36. The van der Waals surface area contributed by atoms with Gasteiger partial charge in [0.1, 0.15) is 6.10 Å². The maximum Gasteiger partial charge on any atom is 0.310 e. The van der Waals surface area contributed by atoms with Crippen molar-refractivity contribution >= 4 is 17.8 Å². The smallest absolute Gasteiger partial charge is 0.310 e. The Balaban J connectivity index is 1.35. The van der Waals surface area contributed by atoms with E-state index >= 15 is 0 Å². The van der Waals surface area contributed by atoms with Crippen LogP contribution in [0.4, 0.5) is 0 Å². The fourth-order valence-electron chi connectivity index (χ4n) is 5.81. The number of hydrogen-bond donors (Lipinski definition) is 2. The number of carbonyl (C=O) groups excluding carboxylic acids is 3. The summed E-state index contributed by atoms with van der Waals surface area (Å²) in [5, 5.41) is 13.0. The molecule has 3 aromatic carbocycles. The van der Waals surface area contributed by atoms with Crippen LogP contribution in [0.5, 0.6) is 0 Å². The van der Waals surface area contributed by atoms with Crippen LogP contribution in [0.15, 0.2) is 97.1 Å². The summed E-state index contributed by atoms with van der Waals surface area (Å²) in [7, 11) is 0. The number of aliphatic hydroxyl groups is 1. The van der Waals surface area contributed by atoms with Gasteiger partial charge in [-0.3, -0.25) is 14.4 Å². The van der Waals surface area contributed by atoms with Crippen molar-refractivity contribution in [3.05, 3.63) is 119 Å². The molecule has 0 saturated carbocycles. The Kier molecular flexibility index (Phi) is 9.82. The van der Waals surface area contributed by atoms with Gasteiger partial charge in [0.15, 0.2) is 0 Å². The van der Waals surface area contributed by atoms with Crippen LogP contribution in [0.2, 0.25) is 0 Å². The molecule has 0 spiro atoms. The molecule has 0 bridgehead atoms. The molecule has 2 aliphatic rings. The summed E-state index contributed by atoms with van der Waals surface area (Å²) >= 11 is 0. The minimum Gasteiger partial charge on any atom is -0.455 e. The summed E-state index contributed by atoms with van der Waals surface area (Å²) in [6.45, 7) is 0.388. The third-order valence-corrected chi connectivity index (χ3v) is 8.24. The minimum atomic E-state index is -0.655. The molecule has 42 heavy (non-hydrogen) atoms. The number of esters is 1. The number of nitrogens with one attached hydrogen (secondary N) is 1. The molecule has 0 radical (unpaired) electrons. The summed E-state index contributed by atoms with van der Waals surface area (Å²) in [6, 6.07) is 26.9. The second kappa shape index (κ2) is 14.1. The van der Waals surface area contributed by atoms with Gasteiger partial charge >= 0.3 is 5.97 Å². The van der Waals surface area contributed by atoms with Crippen LogP contribution in [0.3, 0.4) is 0 Å². The Morgan fingerprint density at radius 3 is 2.21 bits per heavy atom. The Morgan fingerprint density at radius 2 is 1.50 bits per heavy atom. The zero-order valence-electron chi connectivity index (χ0n) is 23.7. The lowest BCUT2D eigenvalue weighted by molar-refractivity contribution is -0.155. The number of allylic oxidation sites excluding steroid dienone is 2. The highest BCUT2D eigenvalue weighted by Gasteiger charge is 2.33. The van der Waals surface area contributed by atoms with Gasteiger partial charge < -0.3 is 20.1 Å². The van der Waals surface area contributed by atoms with Crippen molar-refractivity contribution in [1.82, 2.24) is 10.2 Å². The van der Waals surface area contributed by atoms with Gasteiger partial charge in [0.05, 0.1) is 31.0 Å². The first-order valence-electron chi connectivity index (χ1n) is 14.7. The molecule has 2 aliphatic heterocycles. The van der Waals surface area contributed by atoms with Gasteiger partial charge in [-0.05, 0) is 47.9 Å². The minimum absolute atomic E-state index is 0.0259. The molecular weight excluding hydrogens is 528 g/mol. The molecule has 218 valence electrons. The van der Waals surface area contributed by atoms with Crippen LogP contribution in [0.1, 0.15) is 47.6 Å². The van der Waals surface area contributed by atoms with Crippen molar-refractivity contribution in [3.63, 3.8) is 0 Å². The second-order valence-corrected chi connectivity index (χ2v) is 11.1. The Bertz CT molecular complexity index is 1390. The number of aliphatic hydroxyl groups excluding tert-OH is 1. The maximum atomic E-state index is 13.6. The number of fused-ring (bicyclic) bond motifs is 1. The van der Waals surface area contributed by atoms with E-state index in [4.69, 9.17) is 4.74 Å². The molecule has 2 amide bonds. The quantitative estimate of drug-likeness (QED) is 0.337. The fourth-order valence-corrected chi connectivity index (χ4v) is 5.81. The average Bonchev–Trinajstić information content (AvgIpc) is 3.03. The highest BCUT2D eigenvalue weighted by molar-refractivity contribution is 5.86. The average molecular weight is 567 g/mol. The zero-order valence-corrected chi connectivity index (χ0v) is 23.7. The zero-order chi connectivity index (χ0) is 29.3. The van der Waals surface area contributed by atoms with Crippen molar-refractivity contribution in [3.8, 4) is 0 Å². The van der Waals surface area contributed by atoms with Crippen LogP contribution in [0.25, 0.3) is 0 Å². The highest BCUT2D eigenvalue weighted by Crippen LogP contribution is 2.27. The van der Waals surface area contributed by atoms with Gasteiger partial charge in [0.25, 0.3) is 0 Å². The highest BCUT2D eigenvalue weighted by atomic mass is 16.5. The van der Waals surface area contributed by atoms with E-state index < -0.39 is 12.0 Å². The van der Waals surface area contributed by atoms with Crippen LogP contribution < -0.4 is 5.32 Å². The van der Waals surface area contributed by atoms with Gasteiger partial charge in [0.2, 0.25) is 11.8 Å². The first-order chi connectivity index (χ1) is 20.5. The third-order valence-electron chi connectivity index (χ3n) is 8.24. The first kappa shape index (κ1) is 29.3. The third kappa shape index (κ3) is 7.34. The Labute approximate surface area is 247 Å². The number of carbonyl (C=O) groups is 3. The van der Waals surface area contributed by atoms with Crippen molar-refractivity contribution in [2.75, 3.05) is 13.2 Å². The van der Waals surface area contributed by atoms with Crippen molar-refractivity contribution in [2.45, 2.75) is 50.8 Å². The van der Waals surface area contributed by atoms with E-state index in [0.717, 1.165) is 22.3 Å². The van der Waals surface area contributed by atoms with Crippen LogP contribution in [-0.2, 0) is 38.5 Å². The van der Waals surface area contributed by atoms with E-state index in [0.29, 0.717) is 32.2 Å². The van der Waals surface area contributed by atoms with Gasteiger partial charge in [-0.15, -0.1) is 0 Å². The molecule has 0 aromatic heterocycles. The van der Waals surface area contributed by atoms with Gasteiger partial charge in [-0.25, -0.2) is 0 Å². The number of amides is 2. The number of benzene rings is 3. The molecule has 0 saturated heterocycles. The summed E-state index contributed by atoms with van der Waals surface area (Å²) < 4.78 is 6.03. The van der Waals surface area contributed by atoms with E-state index in [1.165, 1.54) is 0 Å². The molecule has 7 nitrogen and oxygen atoms in total. The Hall–Kier alpha value is -4.23. The van der Waals surface area contributed by atoms with E-state index in [2.05, 4.69) is 5.32 Å². The molecule has 2 N–H and O–H groups in total. The van der Waals surface area contributed by atoms with E-state index in [9.17, 15) is 19.5 Å². The van der Waals surface area contributed by atoms with Gasteiger partial charge in [0, 0.05) is 13.0 Å². The lowest BCUT2D eigenvalue weighted by Crippen LogP contribution is -2.47. The van der Waals surface area contributed by atoms with Crippen molar-refractivity contribution in [1.29, 1.82) is 0 Å². The topological polar surface area (TPSA) is 95.9 Å². The van der Waals surface area contributed by atoms with Crippen LogP contribution in [0, 0.1) is 11.8 Å². The van der Waals surface area contributed by atoms with Crippen LogP contribution >= 0.6 is 0 Å². The van der Waals surface area contributed by atoms with E-state index in [1.54, 1.807) is 4.90 Å². The number of hydrogen-bond acceptors (Lipinski definition) is 5. The van der Waals surface area contributed by atoms with E-state index in [1.807, 2.05) is 97.1 Å². The molecule has 0 aliphatic carbocycles. The number of ether oxygens (including phenoxy) is 1.